The highest BCUT2D eigenvalue weighted by molar-refractivity contribution is 5.70. The van der Waals surface area contributed by atoms with Crippen LogP contribution in [0.25, 0.3) is 0 Å². The first-order chi connectivity index (χ1) is 6.81. The first-order valence-electron chi connectivity index (χ1n) is 4.68. The first kappa shape index (κ1) is 9.05. The van der Waals surface area contributed by atoms with E-state index >= 15 is 0 Å². The van der Waals surface area contributed by atoms with Crippen LogP contribution < -0.4 is 15.4 Å². The number of rotatable bonds is 1. The Morgan fingerprint density at radius 3 is 2.93 bits per heavy atom. The number of hydrogen-bond donors (Lipinski definition) is 2. The summed E-state index contributed by atoms with van der Waals surface area (Å²) in [6.45, 7) is 4.00. The molecule has 1 atom stereocenters. The van der Waals surface area contributed by atoms with Crippen LogP contribution in [0.5, 0.6) is 5.88 Å². The minimum atomic E-state index is 0.564. The van der Waals surface area contributed by atoms with E-state index < -0.39 is 0 Å². The van der Waals surface area contributed by atoms with Crippen molar-refractivity contribution < 1.29 is 4.74 Å². The Hall–Kier alpha value is -1.52. The van der Waals surface area contributed by atoms with E-state index in [9.17, 15) is 0 Å². The quantitative estimate of drug-likeness (QED) is 0.697. The molecule has 0 saturated heterocycles. The molecule has 0 aromatic carbocycles. The lowest BCUT2D eigenvalue weighted by atomic mass is 10.2. The number of aromatic nitrogens is 2. The first-order valence-corrected chi connectivity index (χ1v) is 4.68. The normalized spacial score (nSPS) is 20.0. The molecule has 1 aromatic rings. The predicted octanol–water partition coefficient (Wildman–Crippen LogP) is 0.959. The monoisotopic (exact) mass is 194 g/mol. The second-order valence-corrected chi connectivity index (χ2v) is 3.47. The Kier molecular flexibility index (Phi) is 2.39. The molecule has 5 nitrogen and oxygen atoms in total. The van der Waals surface area contributed by atoms with Crippen LogP contribution >= 0.6 is 0 Å². The summed E-state index contributed by atoms with van der Waals surface area (Å²) < 4.78 is 5.15. The molecule has 0 fully saturated rings. The molecule has 1 aliphatic heterocycles. The molecule has 0 aliphatic carbocycles. The number of hydrogen-bond acceptors (Lipinski definition) is 5. The number of nitrogens with zero attached hydrogens (tertiary/aromatic N) is 2. The smallest absolute Gasteiger partial charge is 0.242 e. The Morgan fingerprint density at radius 1 is 1.36 bits per heavy atom. The van der Waals surface area contributed by atoms with Crippen LogP contribution in [0.15, 0.2) is 6.33 Å². The standard InChI is InChI=1S/C9H14N4O/c1-6-3-10-7-8(11-4-6)12-5-13-9(7)14-2/h5-6,10H,3-4H2,1-2H3,(H,11,12,13). The zero-order chi connectivity index (χ0) is 9.97. The summed E-state index contributed by atoms with van der Waals surface area (Å²) in [6, 6.07) is 0. The molecule has 0 radical (unpaired) electrons. The van der Waals surface area contributed by atoms with Gasteiger partial charge in [0.25, 0.3) is 0 Å². The highest BCUT2D eigenvalue weighted by Gasteiger charge is 2.16. The van der Waals surface area contributed by atoms with Gasteiger partial charge in [0, 0.05) is 13.1 Å². The highest BCUT2D eigenvalue weighted by Crippen LogP contribution is 2.29. The van der Waals surface area contributed by atoms with Crippen molar-refractivity contribution in [1.29, 1.82) is 0 Å². The summed E-state index contributed by atoms with van der Waals surface area (Å²) in [4.78, 5) is 8.20. The molecule has 0 amide bonds. The fourth-order valence-electron chi connectivity index (χ4n) is 1.44. The molecule has 0 saturated carbocycles. The largest absolute Gasteiger partial charge is 0.479 e. The number of ether oxygens (including phenoxy) is 1. The van der Waals surface area contributed by atoms with Crippen LogP contribution in [0, 0.1) is 5.92 Å². The molecule has 1 aromatic heterocycles. The molecular weight excluding hydrogens is 180 g/mol. The van der Waals surface area contributed by atoms with Gasteiger partial charge in [-0.1, -0.05) is 6.92 Å². The summed E-state index contributed by atoms with van der Waals surface area (Å²) in [6.07, 6.45) is 1.50. The maximum absolute atomic E-state index is 5.15. The van der Waals surface area contributed by atoms with Crippen molar-refractivity contribution >= 4 is 11.5 Å². The highest BCUT2D eigenvalue weighted by atomic mass is 16.5. The van der Waals surface area contributed by atoms with Crippen LogP contribution in [0.3, 0.4) is 0 Å². The molecular formula is C9H14N4O. The average molecular weight is 194 g/mol. The van der Waals surface area contributed by atoms with Gasteiger partial charge in [0.2, 0.25) is 5.88 Å². The fourth-order valence-corrected chi connectivity index (χ4v) is 1.44. The molecule has 0 bridgehead atoms. The number of fused-ring (bicyclic) bond motifs is 1. The van der Waals surface area contributed by atoms with Gasteiger partial charge in [-0.05, 0) is 5.92 Å². The van der Waals surface area contributed by atoms with E-state index in [1.54, 1.807) is 7.11 Å². The van der Waals surface area contributed by atoms with E-state index in [0.29, 0.717) is 11.8 Å². The lowest BCUT2D eigenvalue weighted by Crippen LogP contribution is -2.14. The SMILES string of the molecule is COc1ncnc2c1NCC(C)CN2. The fraction of sp³-hybridized carbons (Fsp3) is 0.556. The Labute approximate surface area is 82.9 Å². The van der Waals surface area contributed by atoms with Gasteiger partial charge in [0.1, 0.15) is 12.0 Å². The van der Waals surface area contributed by atoms with Crippen LogP contribution in [-0.2, 0) is 0 Å². The van der Waals surface area contributed by atoms with Crippen LogP contribution in [-0.4, -0.2) is 30.2 Å². The van der Waals surface area contributed by atoms with Gasteiger partial charge in [0.05, 0.1) is 7.11 Å². The van der Waals surface area contributed by atoms with E-state index in [1.165, 1.54) is 6.33 Å². The minimum absolute atomic E-state index is 0.564. The van der Waals surface area contributed by atoms with E-state index in [1.807, 2.05) is 0 Å². The van der Waals surface area contributed by atoms with Crippen molar-refractivity contribution in [2.45, 2.75) is 6.92 Å². The van der Waals surface area contributed by atoms with Crippen molar-refractivity contribution in [2.24, 2.45) is 5.92 Å². The zero-order valence-electron chi connectivity index (χ0n) is 8.37. The van der Waals surface area contributed by atoms with Gasteiger partial charge in [-0.15, -0.1) is 0 Å². The van der Waals surface area contributed by atoms with Crippen molar-refractivity contribution in [3.8, 4) is 5.88 Å². The molecule has 5 heteroatoms. The third-order valence-electron chi connectivity index (χ3n) is 2.25. The van der Waals surface area contributed by atoms with Gasteiger partial charge in [-0.25, -0.2) is 4.98 Å². The van der Waals surface area contributed by atoms with E-state index in [-0.39, 0.29) is 0 Å². The van der Waals surface area contributed by atoms with Gasteiger partial charge in [0.15, 0.2) is 5.82 Å². The summed E-state index contributed by atoms with van der Waals surface area (Å²) in [5.41, 5.74) is 0.861. The third kappa shape index (κ3) is 1.57. The summed E-state index contributed by atoms with van der Waals surface area (Å²) in [7, 11) is 1.61. The molecule has 0 spiro atoms. The van der Waals surface area contributed by atoms with E-state index in [4.69, 9.17) is 4.74 Å². The van der Waals surface area contributed by atoms with Crippen molar-refractivity contribution in [3.05, 3.63) is 6.33 Å². The number of methoxy groups -OCH3 is 1. The maximum Gasteiger partial charge on any atom is 0.242 e. The van der Waals surface area contributed by atoms with Gasteiger partial charge < -0.3 is 15.4 Å². The molecule has 1 aliphatic rings. The second-order valence-electron chi connectivity index (χ2n) is 3.47. The summed E-state index contributed by atoms with van der Waals surface area (Å²) >= 11 is 0. The maximum atomic E-state index is 5.15. The van der Waals surface area contributed by atoms with Gasteiger partial charge in [-0.2, -0.15) is 4.98 Å². The predicted molar refractivity (Wildman–Crippen MR) is 54.7 cm³/mol. The lowest BCUT2D eigenvalue weighted by molar-refractivity contribution is 0.399. The van der Waals surface area contributed by atoms with Crippen LogP contribution in [0.2, 0.25) is 0 Å². The molecule has 2 rings (SSSR count). The minimum Gasteiger partial charge on any atom is -0.479 e. The van der Waals surface area contributed by atoms with Gasteiger partial charge in [-0.3, -0.25) is 0 Å². The Bertz CT molecular complexity index is 329. The summed E-state index contributed by atoms with van der Waals surface area (Å²) in [5, 5.41) is 6.54. The lowest BCUT2D eigenvalue weighted by Gasteiger charge is -2.09. The molecule has 76 valence electrons. The third-order valence-corrected chi connectivity index (χ3v) is 2.25. The molecule has 1 unspecified atom stereocenters. The molecule has 14 heavy (non-hydrogen) atoms. The Morgan fingerprint density at radius 2 is 2.14 bits per heavy atom. The average Bonchev–Trinajstić information content (AvgIpc) is 2.41. The summed E-state index contributed by atoms with van der Waals surface area (Å²) in [5.74, 6) is 1.98. The van der Waals surface area contributed by atoms with Crippen molar-refractivity contribution in [2.75, 3.05) is 30.8 Å². The Balaban J connectivity index is 2.35. The van der Waals surface area contributed by atoms with Crippen molar-refractivity contribution in [3.63, 3.8) is 0 Å². The van der Waals surface area contributed by atoms with E-state index in [0.717, 1.165) is 24.6 Å². The molecule has 2 N–H and O–H groups in total. The van der Waals surface area contributed by atoms with Crippen molar-refractivity contribution in [1.82, 2.24) is 9.97 Å². The van der Waals surface area contributed by atoms with Gasteiger partial charge >= 0.3 is 0 Å². The molecule has 2 heterocycles. The topological polar surface area (TPSA) is 59.1 Å². The van der Waals surface area contributed by atoms with E-state index in [2.05, 4.69) is 27.5 Å². The number of anilines is 2. The second kappa shape index (κ2) is 3.69. The van der Waals surface area contributed by atoms with Crippen LogP contribution in [0.4, 0.5) is 11.5 Å². The number of nitrogens with one attached hydrogen (secondary N) is 2. The zero-order valence-corrected chi connectivity index (χ0v) is 8.37. The van der Waals surface area contributed by atoms with Crippen LogP contribution in [0.1, 0.15) is 6.92 Å².